The van der Waals surface area contributed by atoms with Crippen molar-refractivity contribution in [2.24, 2.45) is 0 Å². The Hall–Kier alpha value is -3.36. The molecule has 1 unspecified atom stereocenters. The number of nitrogens with one attached hydrogen (secondary N) is 1. The third kappa shape index (κ3) is 6.11. The van der Waals surface area contributed by atoms with Crippen LogP contribution >= 0.6 is 0 Å². The first-order valence-corrected chi connectivity index (χ1v) is 8.69. The van der Waals surface area contributed by atoms with Gasteiger partial charge < -0.3 is 19.6 Å². The van der Waals surface area contributed by atoms with Crippen molar-refractivity contribution in [1.82, 2.24) is 5.32 Å². The molecule has 0 fully saturated rings. The van der Waals surface area contributed by atoms with Crippen LogP contribution in [0.15, 0.2) is 36.4 Å². The minimum Gasteiger partial charge on any atom is -0.497 e. The maximum absolute atomic E-state index is 12.2. The SMILES string of the molecule is COc1ccc2cc(C(C)C(=O)OCC(=O)NCCCO[N+](=O)[O-])ccc2c1. The summed E-state index contributed by atoms with van der Waals surface area (Å²) in [4.78, 5) is 38.0. The van der Waals surface area contributed by atoms with Gasteiger partial charge in [-0.2, -0.15) is 0 Å². The molecule has 1 N–H and O–H groups in total. The summed E-state index contributed by atoms with van der Waals surface area (Å²) in [6.45, 7) is 1.37. The Morgan fingerprint density at radius 2 is 1.89 bits per heavy atom. The summed E-state index contributed by atoms with van der Waals surface area (Å²) in [5.41, 5.74) is 0.778. The fourth-order valence-electron chi connectivity index (χ4n) is 2.53. The standard InChI is InChI=1S/C19H22N2O7/c1-13(14-4-5-16-11-17(26-2)7-6-15(16)10-14)19(23)27-12-18(22)20-8-3-9-28-21(24)25/h4-7,10-11,13H,3,8-9,12H2,1-2H3,(H,20,22). The van der Waals surface area contributed by atoms with Crippen LogP contribution in [0.3, 0.4) is 0 Å². The predicted molar refractivity (Wildman–Crippen MR) is 100 cm³/mol. The summed E-state index contributed by atoms with van der Waals surface area (Å²) < 4.78 is 10.2. The number of rotatable bonds is 10. The van der Waals surface area contributed by atoms with Gasteiger partial charge in [0.25, 0.3) is 11.0 Å². The topological polar surface area (TPSA) is 117 Å². The number of carbonyl (C=O) groups is 2. The summed E-state index contributed by atoms with van der Waals surface area (Å²) in [7, 11) is 1.60. The highest BCUT2D eigenvalue weighted by Gasteiger charge is 2.18. The molecule has 0 saturated carbocycles. The smallest absolute Gasteiger partial charge is 0.313 e. The molecule has 9 nitrogen and oxygen atoms in total. The zero-order valence-electron chi connectivity index (χ0n) is 15.7. The number of amides is 1. The van der Waals surface area contributed by atoms with Crippen LogP contribution in [0.1, 0.15) is 24.8 Å². The van der Waals surface area contributed by atoms with Gasteiger partial charge in [-0.1, -0.05) is 24.3 Å². The lowest BCUT2D eigenvalue weighted by Gasteiger charge is -2.13. The molecule has 0 saturated heterocycles. The highest BCUT2D eigenvalue weighted by molar-refractivity contribution is 5.87. The second-order valence-corrected chi connectivity index (χ2v) is 6.06. The van der Waals surface area contributed by atoms with Crippen LogP contribution in [-0.2, 0) is 19.2 Å². The van der Waals surface area contributed by atoms with Gasteiger partial charge in [-0.25, -0.2) is 0 Å². The molecule has 0 heterocycles. The van der Waals surface area contributed by atoms with Crippen molar-refractivity contribution in [3.63, 3.8) is 0 Å². The van der Waals surface area contributed by atoms with Crippen molar-refractivity contribution < 1.29 is 29.0 Å². The molecule has 0 radical (unpaired) electrons. The van der Waals surface area contributed by atoms with Crippen molar-refractivity contribution in [3.8, 4) is 5.75 Å². The lowest BCUT2D eigenvalue weighted by molar-refractivity contribution is -0.757. The maximum atomic E-state index is 12.2. The van der Waals surface area contributed by atoms with Gasteiger partial charge in [0.05, 0.1) is 19.6 Å². The van der Waals surface area contributed by atoms with Gasteiger partial charge in [0.1, 0.15) is 5.75 Å². The van der Waals surface area contributed by atoms with Gasteiger partial charge in [0.2, 0.25) is 0 Å². The van der Waals surface area contributed by atoms with E-state index in [1.807, 2.05) is 36.4 Å². The van der Waals surface area contributed by atoms with Crippen molar-refractivity contribution in [3.05, 3.63) is 52.1 Å². The second kappa shape index (κ2) is 10.1. The normalized spacial score (nSPS) is 11.5. The molecule has 0 bridgehead atoms. The van der Waals surface area contributed by atoms with Gasteiger partial charge in [0.15, 0.2) is 6.61 Å². The number of fused-ring (bicyclic) bond motifs is 1. The minimum absolute atomic E-state index is 0.113. The minimum atomic E-state index is -0.895. The molecular formula is C19H22N2O7. The highest BCUT2D eigenvalue weighted by atomic mass is 16.9. The third-order valence-electron chi connectivity index (χ3n) is 4.11. The average molecular weight is 390 g/mol. The molecule has 0 aliphatic rings. The molecule has 0 aliphatic heterocycles. The number of hydrogen-bond donors (Lipinski definition) is 1. The van der Waals surface area contributed by atoms with Crippen LogP contribution in [0.25, 0.3) is 10.8 Å². The third-order valence-corrected chi connectivity index (χ3v) is 4.11. The number of nitrogens with zero attached hydrogens (tertiary/aromatic N) is 1. The van der Waals surface area contributed by atoms with E-state index in [1.165, 1.54) is 0 Å². The number of benzene rings is 2. The molecule has 0 aliphatic carbocycles. The molecule has 150 valence electrons. The number of hydrogen-bond acceptors (Lipinski definition) is 7. The Balaban J connectivity index is 1.82. The molecule has 1 atom stereocenters. The second-order valence-electron chi connectivity index (χ2n) is 6.06. The van der Waals surface area contributed by atoms with E-state index in [0.29, 0.717) is 0 Å². The van der Waals surface area contributed by atoms with Gasteiger partial charge in [-0.3, -0.25) is 9.59 Å². The Bertz CT molecular complexity index is 853. The summed E-state index contributed by atoms with van der Waals surface area (Å²) in [6.07, 6.45) is 0.277. The van der Waals surface area contributed by atoms with E-state index < -0.39 is 29.5 Å². The van der Waals surface area contributed by atoms with Crippen LogP contribution in [0.2, 0.25) is 0 Å². The van der Waals surface area contributed by atoms with Gasteiger partial charge in [0, 0.05) is 6.54 Å². The Morgan fingerprint density at radius 1 is 1.18 bits per heavy atom. The van der Waals surface area contributed by atoms with Gasteiger partial charge in [-0.15, -0.1) is 10.1 Å². The molecule has 1 amide bonds. The predicted octanol–water partition coefficient (Wildman–Crippen LogP) is 2.21. The van der Waals surface area contributed by atoms with E-state index in [2.05, 4.69) is 10.2 Å². The highest BCUT2D eigenvalue weighted by Crippen LogP contribution is 2.25. The van der Waals surface area contributed by atoms with Crippen LogP contribution in [-0.4, -0.2) is 43.8 Å². The monoisotopic (exact) mass is 390 g/mol. The Morgan fingerprint density at radius 3 is 2.61 bits per heavy atom. The van der Waals surface area contributed by atoms with Crippen LogP contribution in [0, 0.1) is 10.1 Å². The van der Waals surface area contributed by atoms with E-state index in [-0.39, 0.29) is 19.6 Å². The molecule has 2 aromatic carbocycles. The molecule has 2 rings (SSSR count). The van der Waals surface area contributed by atoms with E-state index in [1.54, 1.807) is 14.0 Å². The number of carbonyl (C=O) groups excluding carboxylic acids is 2. The summed E-state index contributed by atoms with van der Waals surface area (Å²) in [5, 5.41) is 13.5. The zero-order valence-corrected chi connectivity index (χ0v) is 15.7. The molecule has 28 heavy (non-hydrogen) atoms. The summed E-state index contributed by atoms with van der Waals surface area (Å²) >= 11 is 0. The molecule has 2 aromatic rings. The van der Waals surface area contributed by atoms with E-state index in [0.717, 1.165) is 22.1 Å². The zero-order chi connectivity index (χ0) is 20.5. The first-order chi connectivity index (χ1) is 13.4. The van der Waals surface area contributed by atoms with Crippen LogP contribution in [0.5, 0.6) is 5.75 Å². The Kier molecular flexibility index (Phi) is 7.55. The fourth-order valence-corrected chi connectivity index (χ4v) is 2.53. The van der Waals surface area contributed by atoms with Crippen molar-refractivity contribution >= 4 is 22.6 Å². The van der Waals surface area contributed by atoms with E-state index in [4.69, 9.17) is 9.47 Å². The van der Waals surface area contributed by atoms with Crippen molar-refractivity contribution in [2.45, 2.75) is 19.3 Å². The quantitative estimate of drug-likeness (QED) is 0.286. The van der Waals surface area contributed by atoms with Crippen LogP contribution in [0.4, 0.5) is 0 Å². The fraction of sp³-hybridized carbons (Fsp3) is 0.368. The lowest BCUT2D eigenvalue weighted by Crippen LogP contribution is -2.31. The van der Waals surface area contributed by atoms with Crippen LogP contribution < -0.4 is 10.1 Å². The van der Waals surface area contributed by atoms with Gasteiger partial charge in [-0.05, 0) is 41.8 Å². The Labute approximate surface area is 161 Å². The average Bonchev–Trinajstić information content (AvgIpc) is 2.70. The van der Waals surface area contributed by atoms with E-state index >= 15 is 0 Å². The molecular weight excluding hydrogens is 368 g/mol. The molecule has 9 heteroatoms. The van der Waals surface area contributed by atoms with E-state index in [9.17, 15) is 19.7 Å². The lowest BCUT2D eigenvalue weighted by atomic mass is 9.98. The molecule has 0 aromatic heterocycles. The summed E-state index contributed by atoms with van der Waals surface area (Å²) in [5.74, 6) is -0.775. The first-order valence-electron chi connectivity index (χ1n) is 8.69. The summed E-state index contributed by atoms with van der Waals surface area (Å²) in [6, 6.07) is 11.3. The number of ether oxygens (including phenoxy) is 2. The number of methoxy groups -OCH3 is 1. The number of esters is 1. The first kappa shape index (κ1) is 20.9. The van der Waals surface area contributed by atoms with Gasteiger partial charge >= 0.3 is 5.97 Å². The largest absolute Gasteiger partial charge is 0.497 e. The molecule has 0 spiro atoms. The van der Waals surface area contributed by atoms with Crippen molar-refractivity contribution in [1.29, 1.82) is 0 Å². The van der Waals surface area contributed by atoms with Crippen molar-refractivity contribution in [2.75, 3.05) is 26.9 Å². The maximum Gasteiger partial charge on any atom is 0.313 e.